The Labute approximate surface area is 122 Å². The van der Waals surface area contributed by atoms with Crippen LogP contribution >= 0.6 is 0 Å². The second kappa shape index (κ2) is 8.74. The lowest BCUT2D eigenvalue weighted by atomic mass is 10.1. The van der Waals surface area contributed by atoms with E-state index in [0.29, 0.717) is 19.8 Å². The molecule has 0 saturated heterocycles. The highest BCUT2D eigenvalue weighted by atomic mass is 16.5. The van der Waals surface area contributed by atoms with Crippen LogP contribution in [0, 0.1) is 0 Å². The summed E-state index contributed by atoms with van der Waals surface area (Å²) in [7, 11) is 4.07. The fraction of sp³-hybridized carbons (Fsp3) is 0.500. The highest BCUT2D eigenvalue weighted by molar-refractivity contribution is 5.46. The van der Waals surface area contributed by atoms with Crippen LogP contribution in [-0.4, -0.2) is 40.4 Å². The molecule has 112 valence electrons. The van der Waals surface area contributed by atoms with Crippen molar-refractivity contribution in [3.8, 4) is 0 Å². The second-order valence-corrected chi connectivity index (χ2v) is 5.24. The quantitative estimate of drug-likeness (QED) is 0.535. The number of anilines is 1. The maximum Gasteiger partial charge on any atom is 0.0672 e. The van der Waals surface area contributed by atoms with E-state index in [4.69, 9.17) is 10.5 Å². The van der Waals surface area contributed by atoms with Crippen molar-refractivity contribution >= 4 is 5.69 Å². The molecule has 20 heavy (non-hydrogen) atoms. The molecule has 0 aliphatic carbocycles. The van der Waals surface area contributed by atoms with Gasteiger partial charge in [-0.05, 0) is 24.6 Å². The Balaban J connectivity index is 2.43. The Bertz CT molecular complexity index is 401. The predicted molar refractivity (Wildman–Crippen MR) is 86.2 cm³/mol. The van der Waals surface area contributed by atoms with E-state index in [1.54, 1.807) is 0 Å². The van der Waals surface area contributed by atoms with Crippen molar-refractivity contribution in [1.82, 2.24) is 5.32 Å². The van der Waals surface area contributed by atoms with Gasteiger partial charge in [0.05, 0.1) is 13.2 Å². The van der Waals surface area contributed by atoms with Gasteiger partial charge in [-0.3, -0.25) is 0 Å². The normalized spacial score (nSPS) is 12.2. The van der Waals surface area contributed by atoms with E-state index in [0.717, 1.165) is 12.1 Å². The van der Waals surface area contributed by atoms with E-state index in [-0.39, 0.29) is 6.04 Å². The van der Waals surface area contributed by atoms with Crippen molar-refractivity contribution < 1.29 is 4.74 Å². The molecule has 1 unspecified atom stereocenters. The van der Waals surface area contributed by atoms with E-state index in [2.05, 4.69) is 41.1 Å². The molecule has 1 aromatic rings. The Kier molecular flexibility index (Phi) is 7.30. The monoisotopic (exact) mass is 277 g/mol. The minimum Gasteiger partial charge on any atom is -0.378 e. The number of benzene rings is 1. The Hall–Kier alpha value is -1.36. The van der Waals surface area contributed by atoms with Gasteiger partial charge in [-0.25, -0.2) is 0 Å². The zero-order valence-corrected chi connectivity index (χ0v) is 12.9. The van der Waals surface area contributed by atoms with Gasteiger partial charge >= 0.3 is 0 Å². The van der Waals surface area contributed by atoms with Crippen LogP contribution in [0.2, 0.25) is 0 Å². The van der Waals surface area contributed by atoms with Crippen molar-refractivity contribution in [2.45, 2.75) is 13.0 Å². The van der Waals surface area contributed by atoms with E-state index in [9.17, 15) is 0 Å². The third-order valence-corrected chi connectivity index (χ3v) is 3.03. The first-order chi connectivity index (χ1) is 9.54. The Morgan fingerprint density at radius 3 is 2.50 bits per heavy atom. The van der Waals surface area contributed by atoms with Gasteiger partial charge < -0.3 is 20.7 Å². The summed E-state index contributed by atoms with van der Waals surface area (Å²) in [5.74, 6) is 0. The van der Waals surface area contributed by atoms with Gasteiger partial charge in [0.1, 0.15) is 0 Å². The summed E-state index contributed by atoms with van der Waals surface area (Å²) in [5.41, 5.74) is 9.27. The van der Waals surface area contributed by atoms with E-state index < -0.39 is 0 Å². The van der Waals surface area contributed by atoms with Crippen LogP contribution in [0.25, 0.3) is 0 Å². The van der Waals surface area contributed by atoms with Gasteiger partial charge in [-0.2, -0.15) is 0 Å². The molecule has 0 aliphatic heterocycles. The summed E-state index contributed by atoms with van der Waals surface area (Å²) < 4.78 is 5.47. The van der Waals surface area contributed by atoms with E-state index in [1.807, 2.05) is 21.0 Å². The van der Waals surface area contributed by atoms with Gasteiger partial charge in [-0.15, -0.1) is 0 Å². The molecule has 0 radical (unpaired) electrons. The minimum atomic E-state index is 0.166. The fourth-order valence-corrected chi connectivity index (χ4v) is 1.89. The fourth-order valence-electron chi connectivity index (χ4n) is 1.89. The molecule has 0 bridgehead atoms. The number of nitrogens with zero attached hydrogens (tertiary/aromatic N) is 1. The standard InChI is InChI=1S/C16H27N3O/c1-13(2)12-20-10-9-18-16(11-17)14-5-7-15(8-6-14)19(3)4/h5-8,16,18H,1,9-12,17H2,2-4H3. The molecular formula is C16H27N3O. The molecule has 1 rings (SSSR count). The lowest BCUT2D eigenvalue weighted by Gasteiger charge is -2.19. The minimum absolute atomic E-state index is 0.166. The maximum atomic E-state index is 5.84. The average molecular weight is 277 g/mol. The van der Waals surface area contributed by atoms with E-state index >= 15 is 0 Å². The zero-order valence-electron chi connectivity index (χ0n) is 12.9. The predicted octanol–water partition coefficient (Wildman–Crippen LogP) is 1.93. The first-order valence-corrected chi connectivity index (χ1v) is 6.97. The van der Waals surface area contributed by atoms with Crippen molar-refractivity contribution in [2.24, 2.45) is 5.73 Å². The first-order valence-electron chi connectivity index (χ1n) is 6.97. The van der Waals surface area contributed by atoms with Crippen LogP contribution in [0.5, 0.6) is 0 Å². The number of rotatable bonds is 9. The number of ether oxygens (including phenoxy) is 1. The summed E-state index contributed by atoms with van der Waals surface area (Å²) in [6.45, 7) is 8.40. The van der Waals surface area contributed by atoms with Crippen molar-refractivity contribution in [3.63, 3.8) is 0 Å². The van der Waals surface area contributed by atoms with Gasteiger partial charge in [-0.1, -0.05) is 24.3 Å². The molecule has 0 saturated carbocycles. The summed E-state index contributed by atoms with van der Waals surface area (Å²) in [4.78, 5) is 2.08. The highest BCUT2D eigenvalue weighted by Crippen LogP contribution is 2.17. The summed E-state index contributed by atoms with van der Waals surface area (Å²) >= 11 is 0. The third-order valence-electron chi connectivity index (χ3n) is 3.03. The summed E-state index contributed by atoms with van der Waals surface area (Å²) in [5, 5.41) is 3.41. The van der Waals surface area contributed by atoms with Crippen molar-refractivity contribution in [1.29, 1.82) is 0 Å². The SMILES string of the molecule is C=C(C)COCCNC(CN)c1ccc(N(C)C)cc1. The van der Waals surface area contributed by atoms with Crippen LogP contribution in [-0.2, 0) is 4.74 Å². The topological polar surface area (TPSA) is 50.5 Å². The third kappa shape index (κ3) is 5.74. The number of hydrogen-bond acceptors (Lipinski definition) is 4. The summed E-state index contributed by atoms with van der Waals surface area (Å²) in [6, 6.07) is 8.62. The Morgan fingerprint density at radius 2 is 2.00 bits per heavy atom. The molecule has 0 spiro atoms. The van der Waals surface area contributed by atoms with Crippen molar-refractivity contribution in [2.75, 3.05) is 45.3 Å². The molecular weight excluding hydrogens is 250 g/mol. The van der Waals surface area contributed by atoms with Crippen LogP contribution in [0.1, 0.15) is 18.5 Å². The smallest absolute Gasteiger partial charge is 0.0672 e. The van der Waals surface area contributed by atoms with Crippen LogP contribution in [0.4, 0.5) is 5.69 Å². The molecule has 0 heterocycles. The lowest BCUT2D eigenvalue weighted by molar-refractivity contribution is 0.155. The largest absolute Gasteiger partial charge is 0.378 e. The van der Waals surface area contributed by atoms with Crippen molar-refractivity contribution in [3.05, 3.63) is 42.0 Å². The van der Waals surface area contributed by atoms with Gasteiger partial charge in [0.25, 0.3) is 0 Å². The molecule has 0 fully saturated rings. The first kappa shape index (κ1) is 16.7. The number of hydrogen-bond donors (Lipinski definition) is 2. The number of nitrogens with two attached hydrogens (primary N) is 1. The molecule has 3 N–H and O–H groups in total. The van der Waals surface area contributed by atoms with Gasteiger partial charge in [0, 0.05) is 38.9 Å². The molecule has 0 aromatic heterocycles. The number of nitrogens with one attached hydrogen (secondary N) is 1. The molecule has 1 atom stereocenters. The van der Waals surface area contributed by atoms with E-state index in [1.165, 1.54) is 11.3 Å². The maximum absolute atomic E-state index is 5.84. The van der Waals surface area contributed by atoms with Gasteiger partial charge in [0.15, 0.2) is 0 Å². The second-order valence-electron chi connectivity index (χ2n) is 5.24. The van der Waals surface area contributed by atoms with Crippen LogP contribution in [0.3, 0.4) is 0 Å². The average Bonchev–Trinajstić information content (AvgIpc) is 2.42. The van der Waals surface area contributed by atoms with Gasteiger partial charge in [0.2, 0.25) is 0 Å². The highest BCUT2D eigenvalue weighted by Gasteiger charge is 2.08. The van der Waals surface area contributed by atoms with Crippen LogP contribution in [0.15, 0.2) is 36.4 Å². The molecule has 0 amide bonds. The van der Waals surface area contributed by atoms with Crippen LogP contribution < -0.4 is 16.0 Å². The molecule has 4 heteroatoms. The zero-order chi connectivity index (χ0) is 15.0. The molecule has 4 nitrogen and oxygen atoms in total. The summed E-state index contributed by atoms with van der Waals surface area (Å²) in [6.07, 6.45) is 0. The molecule has 0 aliphatic rings. The lowest BCUT2D eigenvalue weighted by Crippen LogP contribution is -2.31. The Morgan fingerprint density at radius 1 is 1.35 bits per heavy atom. The molecule has 1 aromatic carbocycles.